The number of nitrogens with one attached hydrogen (secondary N) is 1. The molecule has 0 amide bonds. The smallest absolute Gasteiger partial charge is 0.193 e. The number of hydrogen-bond acceptors (Lipinski definition) is 4. The maximum Gasteiger partial charge on any atom is 0.193 e. The molecule has 2 saturated heterocycles. The highest BCUT2D eigenvalue weighted by molar-refractivity contribution is 14.0. The summed E-state index contributed by atoms with van der Waals surface area (Å²) in [6.45, 7) is 8.73. The van der Waals surface area contributed by atoms with Crippen molar-refractivity contribution in [2.75, 3.05) is 38.2 Å². The molecule has 0 aliphatic carbocycles. The Labute approximate surface area is 179 Å². The van der Waals surface area contributed by atoms with E-state index in [1.807, 2.05) is 38.1 Å². The van der Waals surface area contributed by atoms with Crippen LogP contribution >= 0.6 is 24.0 Å². The van der Waals surface area contributed by atoms with Crippen LogP contribution < -0.4 is 15.8 Å². The summed E-state index contributed by atoms with van der Waals surface area (Å²) in [4.78, 5) is 7.29. The van der Waals surface area contributed by atoms with Crippen LogP contribution in [0.3, 0.4) is 0 Å². The second-order valence-electron chi connectivity index (χ2n) is 7.55. The summed E-state index contributed by atoms with van der Waals surface area (Å²) in [5.41, 5.74) is 7.19. The predicted molar refractivity (Wildman–Crippen MR) is 121 cm³/mol. The zero-order valence-corrected chi connectivity index (χ0v) is 18.8. The Hall–Kier alpha value is -1.06. The third kappa shape index (κ3) is 6.22. The number of likely N-dealkylation sites (tertiary alicyclic amines) is 1. The van der Waals surface area contributed by atoms with Crippen LogP contribution in [0.4, 0.5) is 5.69 Å². The minimum Gasteiger partial charge on any atom is -0.491 e. The SMILES string of the molecule is CC(C)Oc1ccc(NC(N)=NCC2(N3CCCC3)CCOCC2)cc1.I. The molecule has 0 spiro atoms. The molecular formula is C20H33IN4O2. The Bertz CT molecular complexity index is 595. The first-order chi connectivity index (χ1) is 12.6. The molecule has 2 aliphatic rings. The van der Waals surface area contributed by atoms with Crippen molar-refractivity contribution in [1.82, 2.24) is 4.90 Å². The van der Waals surface area contributed by atoms with Crippen molar-refractivity contribution in [3.63, 3.8) is 0 Å². The second-order valence-corrected chi connectivity index (χ2v) is 7.55. The molecule has 0 aromatic heterocycles. The highest BCUT2D eigenvalue weighted by Gasteiger charge is 2.39. The lowest BCUT2D eigenvalue weighted by Gasteiger charge is -2.43. The highest BCUT2D eigenvalue weighted by atomic mass is 127. The van der Waals surface area contributed by atoms with Crippen LogP contribution in [0.25, 0.3) is 0 Å². The van der Waals surface area contributed by atoms with Crippen LogP contribution in [0.15, 0.2) is 29.3 Å². The van der Waals surface area contributed by atoms with Gasteiger partial charge in [0.05, 0.1) is 12.6 Å². The molecule has 0 atom stereocenters. The molecule has 2 fully saturated rings. The van der Waals surface area contributed by atoms with Gasteiger partial charge in [0.2, 0.25) is 0 Å². The van der Waals surface area contributed by atoms with Crippen LogP contribution in [0.5, 0.6) is 5.75 Å². The first kappa shape index (κ1) is 22.2. The molecule has 27 heavy (non-hydrogen) atoms. The van der Waals surface area contributed by atoms with E-state index in [1.165, 1.54) is 25.9 Å². The maximum absolute atomic E-state index is 6.16. The molecule has 0 unspecified atom stereocenters. The quantitative estimate of drug-likeness (QED) is 0.365. The summed E-state index contributed by atoms with van der Waals surface area (Å²) in [6.07, 6.45) is 4.80. The van der Waals surface area contributed by atoms with Gasteiger partial charge in [-0.25, -0.2) is 0 Å². The summed E-state index contributed by atoms with van der Waals surface area (Å²) in [6, 6.07) is 7.81. The van der Waals surface area contributed by atoms with E-state index in [1.54, 1.807) is 0 Å². The molecule has 6 nitrogen and oxygen atoms in total. The molecule has 0 radical (unpaired) electrons. The van der Waals surface area contributed by atoms with Gasteiger partial charge in [-0.2, -0.15) is 0 Å². The Balaban J connectivity index is 0.00000261. The van der Waals surface area contributed by atoms with Crippen molar-refractivity contribution < 1.29 is 9.47 Å². The van der Waals surface area contributed by atoms with Crippen LogP contribution in [-0.4, -0.2) is 55.4 Å². The van der Waals surface area contributed by atoms with Gasteiger partial charge in [0.25, 0.3) is 0 Å². The van der Waals surface area contributed by atoms with Gasteiger partial charge < -0.3 is 20.5 Å². The first-order valence-corrected chi connectivity index (χ1v) is 9.74. The zero-order chi connectivity index (χ0) is 18.4. The number of anilines is 1. The van der Waals surface area contributed by atoms with Crippen molar-refractivity contribution in [3.05, 3.63) is 24.3 Å². The number of nitrogens with two attached hydrogens (primary N) is 1. The van der Waals surface area contributed by atoms with E-state index in [0.717, 1.165) is 44.0 Å². The molecule has 7 heteroatoms. The minimum absolute atomic E-state index is 0. The van der Waals surface area contributed by atoms with Crippen LogP contribution in [0.1, 0.15) is 39.5 Å². The molecule has 0 bridgehead atoms. The van der Waals surface area contributed by atoms with Gasteiger partial charge in [-0.05, 0) is 76.9 Å². The number of hydrogen-bond donors (Lipinski definition) is 2. The molecule has 2 aliphatic heterocycles. The maximum atomic E-state index is 6.16. The summed E-state index contributed by atoms with van der Waals surface area (Å²) >= 11 is 0. The molecule has 3 rings (SSSR count). The highest BCUT2D eigenvalue weighted by Crippen LogP contribution is 2.31. The van der Waals surface area contributed by atoms with Crippen molar-refractivity contribution in [2.24, 2.45) is 10.7 Å². The van der Waals surface area contributed by atoms with Crippen molar-refractivity contribution in [1.29, 1.82) is 0 Å². The Morgan fingerprint density at radius 3 is 2.44 bits per heavy atom. The van der Waals surface area contributed by atoms with Gasteiger partial charge in [0.15, 0.2) is 5.96 Å². The van der Waals surface area contributed by atoms with E-state index >= 15 is 0 Å². The van der Waals surface area contributed by atoms with E-state index < -0.39 is 0 Å². The van der Waals surface area contributed by atoms with Crippen LogP contribution in [0, 0.1) is 0 Å². The second kappa shape index (κ2) is 10.5. The van der Waals surface area contributed by atoms with Gasteiger partial charge in [-0.1, -0.05) is 0 Å². The summed E-state index contributed by atoms with van der Waals surface area (Å²) in [5, 5.41) is 3.19. The average Bonchev–Trinajstić information content (AvgIpc) is 3.17. The summed E-state index contributed by atoms with van der Waals surface area (Å²) in [5.74, 6) is 1.32. The largest absolute Gasteiger partial charge is 0.491 e. The lowest BCUT2D eigenvalue weighted by molar-refractivity contribution is -0.0138. The van der Waals surface area contributed by atoms with Crippen LogP contribution in [-0.2, 0) is 4.74 Å². The fourth-order valence-electron chi connectivity index (χ4n) is 3.83. The number of guanidine groups is 1. The molecule has 3 N–H and O–H groups in total. The van der Waals surface area contributed by atoms with E-state index in [-0.39, 0.29) is 35.6 Å². The molecule has 0 saturated carbocycles. The van der Waals surface area contributed by atoms with Gasteiger partial charge in [-0.3, -0.25) is 9.89 Å². The monoisotopic (exact) mass is 488 g/mol. The number of rotatable bonds is 6. The topological polar surface area (TPSA) is 72.1 Å². The van der Waals surface area contributed by atoms with Crippen molar-refractivity contribution in [3.8, 4) is 5.75 Å². The standard InChI is InChI=1S/C20H32N4O2.HI/c1-16(2)26-18-7-5-17(6-8-18)23-19(21)22-15-20(9-13-25-14-10-20)24-11-3-4-12-24;/h5-8,16H,3-4,9-15H2,1-2H3,(H3,21,22,23);1H. The number of ether oxygens (including phenoxy) is 2. The lowest BCUT2D eigenvalue weighted by atomic mass is 9.88. The van der Waals surface area contributed by atoms with E-state index in [2.05, 4.69) is 15.2 Å². The molecule has 2 heterocycles. The molecule has 1 aromatic rings. The Morgan fingerprint density at radius 1 is 1.22 bits per heavy atom. The molecular weight excluding hydrogens is 455 g/mol. The predicted octanol–water partition coefficient (Wildman–Crippen LogP) is 3.46. The minimum atomic E-state index is 0. The van der Waals surface area contributed by atoms with E-state index in [0.29, 0.717) is 5.96 Å². The van der Waals surface area contributed by atoms with Gasteiger partial charge in [0, 0.05) is 24.4 Å². The molecule has 1 aromatic carbocycles. The third-order valence-electron chi connectivity index (χ3n) is 5.24. The third-order valence-corrected chi connectivity index (χ3v) is 5.24. The number of nitrogens with zero attached hydrogens (tertiary/aromatic N) is 2. The fraction of sp³-hybridized carbons (Fsp3) is 0.650. The zero-order valence-electron chi connectivity index (χ0n) is 16.4. The molecule has 152 valence electrons. The van der Waals surface area contributed by atoms with E-state index in [9.17, 15) is 0 Å². The van der Waals surface area contributed by atoms with Gasteiger partial charge in [-0.15, -0.1) is 24.0 Å². The Morgan fingerprint density at radius 2 is 1.85 bits per heavy atom. The fourth-order valence-corrected chi connectivity index (χ4v) is 3.83. The van der Waals surface area contributed by atoms with Gasteiger partial charge in [0.1, 0.15) is 5.75 Å². The van der Waals surface area contributed by atoms with Crippen LogP contribution in [0.2, 0.25) is 0 Å². The van der Waals surface area contributed by atoms with E-state index in [4.69, 9.17) is 15.2 Å². The number of benzene rings is 1. The lowest BCUT2D eigenvalue weighted by Crippen LogP contribution is -2.53. The number of aliphatic imine (C=N–C) groups is 1. The number of halogens is 1. The summed E-state index contributed by atoms with van der Waals surface area (Å²) < 4.78 is 11.3. The summed E-state index contributed by atoms with van der Waals surface area (Å²) in [7, 11) is 0. The van der Waals surface area contributed by atoms with Crippen molar-refractivity contribution in [2.45, 2.75) is 51.2 Å². The first-order valence-electron chi connectivity index (χ1n) is 9.74. The normalized spacial score (nSPS) is 20.3. The van der Waals surface area contributed by atoms with Crippen molar-refractivity contribution >= 4 is 35.6 Å². The van der Waals surface area contributed by atoms with Gasteiger partial charge >= 0.3 is 0 Å². The Kier molecular flexibility index (Phi) is 8.62. The average molecular weight is 488 g/mol.